The smallest absolute Gasteiger partial charge is 0.261 e. The number of methoxy groups -OCH3 is 2. The number of amides is 1. The summed E-state index contributed by atoms with van der Waals surface area (Å²) in [5.41, 5.74) is 1.81. The molecule has 0 radical (unpaired) electrons. The van der Waals surface area contributed by atoms with E-state index in [0.29, 0.717) is 47.7 Å². The lowest BCUT2D eigenvalue weighted by Crippen LogP contribution is -2.38. The van der Waals surface area contributed by atoms with Gasteiger partial charge in [-0.3, -0.25) is 14.2 Å². The number of aromatic nitrogens is 2. The SMILES string of the molecule is COc1cc2ncn(CCCC(=O)N3CCC(CCc4ccccc4)CC3)c(=O)c2cc1OC. The van der Waals surface area contributed by atoms with Crippen molar-refractivity contribution in [3.05, 3.63) is 64.7 Å². The number of ether oxygens (including phenoxy) is 2. The third-order valence-corrected chi connectivity index (χ3v) is 6.77. The Morgan fingerprint density at radius 3 is 2.47 bits per heavy atom. The molecular weight excluding hydrogens is 430 g/mol. The van der Waals surface area contributed by atoms with E-state index in [1.165, 1.54) is 19.1 Å². The van der Waals surface area contributed by atoms with Crippen molar-refractivity contribution < 1.29 is 14.3 Å². The van der Waals surface area contributed by atoms with Gasteiger partial charge in [-0.15, -0.1) is 0 Å². The number of nitrogens with zero attached hydrogens (tertiary/aromatic N) is 3. The molecule has 1 amide bonds. The molecule has 2 heterocycles. The van der Waals surface area contributed by atoms with Gasteiger partial charge in [0.2, 0.25) is 5.91 Å². The van der Waals surface area contributed by atoms with Gasteiger partial charge in [0, 0.05) is 32.1 Å². The lowest BCUT2D eigenvalue weighted by Gasteiger charge is -2.32. The minimum absolute atomic E-state index is 0.141. The molecular formula is C27H33N3O4. The van der Waals surface area contributed by atoms with Gasteiger partial charge in [-0.05, 0) is 49.7 Å². The Balaban J connectivity index is 1.26. The first kappa shape index (κ1) is 23.8. The Kier molecular flexibility index (Phi) is 7.83. The largest absolute Gasteiger partial charge is 0.493 e. The number of carbonyl (C=O) groups excluding carboxylic acids is 1. The van der Waals surface area contributed by atoms with Gasteiger partial charge in [-0.1, -0.05) is 30.3 Å². The molecule has 1 aromatic heterocycles. The molecule has 0 aliphatic carbocycles. The number of likely N-dealkylation sites (tertiary alicyclic amines) is 1. The summed E-state index contributed by atoms with van der Waals surface area (Å²) in [7, 11) is 3.09. The molecule has 1 saturated heterocycles. The van der Waals surface area contributed by atoms with E-state index in [2.05, 4.69) is 35.3 Å². The van der Waals surface area contributed by atoms with E-state index in [9.17, 15) is 9.59 Å². The fraction of sp³-hybridized carbons (Fsp3) is 0.444. The number of rotatable bonds is 9. The van der Waals surface area contributed by atoms with Crippen molar-refractivity contribution in [1.82, 2.24) is 14.5 Å². The highest BCUT2D eigenvalue weighted by Gasteiger charge is 2.22. The van der Waals surface area contributed by atoms with Gasteiger partial charge in [0.1, 0.15) is 0 Å². The second-order valence-corrected chi connectivity index (χ2v) is 8.92. The third-order valence-electron chi connectivity index (χ3n) is 6.77. The average molecular weight is 464 g/mol. The van der Waals surface area contributed by atoms with Gasteiger partial charge >= 0.3 is 0 Å². The van der Waals surface area contributed by atoms with Gasteiger partial charge in [0.05, 0.1) is 31.4 Å². The van der Waals surface area contributed by atoms with E-state index < -0.39 is 0 Å². The van der Waals surface area contributed by atoms with Crippen LogP contribution in [0.2, 0.25) is 0 Å². The molecule has 7 heteroatoms. The van der Waals surface area contributed by atoms with Gasteiger partial charge in [0.15, 0.2) is 11.5 Å². The summed E-state index contributed by atoms with van der Waals surface area (Å²) in [5.74, 6) is 1.89. The number of hydrogen-bond acceptors (Lipinski definition) is 5. The van der Waals surface area contributed by atoms with Crippen LogP contribution in [0.25, 0.3) is 10.9 Å². The van der Waals surface area contributed by atoms with Crippen LogP contribution in [-0.2, 0) is 17.8 Å². The van der Waals surface area contributed by atoms with Crippen molar-refractivity contribution in [2.24, 2.45) is 5.92 Å². The van der Waals surface area contributed by atoms with Crippen LogP contribution < -0.4 is 15.0 Å². The maximum Gasteiger partial charge on any atom is 0.261 e. The molecule has 4 rings (SSSR count). The van der Waals surface area contributed by atoms with E-state index in [-0.39, 0.29) is 11.5 Å². The predicted molar refractivity (Wildman–Crippen MR) is 132 cm³/mol. The standard InChI is InChI=1S/C27H33N3O4/c1-33-24-17-22-23(18-25(24)34-2)28-19-30(27(22)32)14-6-9-26(31)29-15-12-21(13-16-29)11-10-20-7-4-3-5-8-20/h3-5,7-8,17-19,21H,6,9-16H2,1-2H3. The van der Waals surface area contributed by atoms with E-state index in [1.54, 1.807) is 30.1 Å². The molecule has 34 heavy (non-hydrogen) atoms. The summed E-state index contributed by atoms with van der Waals surface area (Å²) in [4.78, 5) is 32.0. The minimum atomic E-state index is -0.141. The highest BCUT2D eigenvalue weighted by molar-refractivity contribution is 5.81. The van der Waals surface area contributed by atoms with Crippen molar-refractivity contribution in [2.75, 3.05) is 27.3 Å². The van der Waals surface area contributed by atoms with Gasteiger partial charge in [0.25, 0.3) is 5.56 Å². The van der Waals surface area contributed by atoms with Crippen LogP contribution in [0.5, 0.6) is 11.5 Å². The Morgan fingerprint density at radius 2 is 1.76 bits per heavy atom. The Labute approximate surface area is 200 Å². The van der Waals surface area contributed by atoms with Crippen LogP contribution in [0.1, 0.15) is 37.7 Å². The number of aryl methyl sites for hydroxylation is 2. The molecule has 0 bridgehead atoms. The van der Waals surface area contributed by atoms with Crippen LogP contribution in [0.4, 0.5) is 0 Å². The van der Waals surface area contributed by atoms with Crippen LogP contribution in [0.15, 0.2) is 53.6 Å². The van der Waals surface area contributed by atoms with Crippen molar-refractivity contribution in [2.45, 2.75) is 45.1 Å². The predicted octanol–water partition coefficient (Wildman–Crippen LogP) is 4.07. The summed E-state index contributed by atoms with van der Waals surface area (Å²) in [6.45, 7) is 2.12. The zero-order valence-electron chi connectivity index (χ0n) is 20.0. The second-order valence-electron chi connectivity index (χ2n) is 8.92. The first-order valence-electron chi connectivity index (χ1n) is 12.0. The van der Waals surface area contributed by atoms with E-state index in [0.717, 1.165) is 32.4 Å². The van der Waals surface area contributed by atoms with Crippen molar-refractivity contribution in [3.8, 4) is 11.5 Å². The summed E-state index contributed by atoms with van der Waals surface area (Å²) in [5, 5.41) is 0.476. The second kappa shape index (κ2) is 11.2. The van der Waals surface area contributed by atoms with Crippen LogP contribution >= 0.6 is 0 Å². The van der Waals surface area contributed by atoms with Gasteiger partial charge < -0.3 is 14.4 Å². The molecule has 0 unspecified atom stereocenters. The van der Waals surface area contributed by atoms with Crippen molar-refractivity contribution >= 4 is 16.8 Å². The average Bonchev–Trinajstić information content (AvgIpc) is 2.89. The molecule has 2 aromatic carbocycles. The first-order valence-corrected chi connectivity index (χ1v) is 12.0. The lowest BCUT2D eigenvalue weighted by atomic mass is 9.90. The summed E-state index contributed by atoms with van der Waals surface area (Å²) >= 11 is 0. The number of fused-ring (bicyclic) bond motifs is 1. The fourth-order valence-electron chi connectivity index (χ4n) is 4.69. The topological polar surface area (TPSA) is 73.7 Å². The quantitative estimate of drug-likeness (QED) is 0.478. The number of benzene rings is 2. The molecule has 1 fully saturated rings. The molecule has 7 nitrogen and oxygen atoms in total. The van der Waals surface area contributed by atoms with Crippen molar-refractivity contribution in [3.63, 3.8) is 0 Å². The van der Waals surface area contributed by atoms with E-state index in [1.807, 2.05) is 4.90 Å². The highest BCUT2D eigenvalue weighted by atomic mass is 16.5. The summed E-state index contributed by atoms with van der Waals surface area (Å²) in [6.07, 6.45) is 7.00. The van der Waals surface area contributed by atoms with Gasteiger partial charge in [-0.25, -0.2) is 4.98 Å². The first-order chi connectivity index (χ1) is 16.6. The van der Waals surface area contributed by atoms with Crippen LogP contribution in [-0.4, -0.2) is 47.7 Å². The third kappa shape index (κ3) is 5.58. The molecule has 0 atom stereocenters. The Morgan fingerprint density at radius 1 is 1.06 bits per heavy atom. The number of carbonyl (C=O) groups is 1. The van der Waals surface area contributed by atoms with Crippen LogP contribution in [0, 0.1) is 5.92 Å². The molecule has 3 aromatic rings. The number of piperidine rings is 1. The zero-order chi connectivity index (χ0) is 23.9. The van der Waals surface area contributed by atoms with Crippen LogP contribution in [0.3, 0.4) is 0 Å². The van der Waals surface area contributed by atoms with E-state index in [4.69, 9.17) is 9.47 Å². The Bertz CT molecular complexity index is 1170. The molecule has 180 valence electrons. The van der Waals surface area contributed by atoms with Gasteiger partial charge in [-0.2, -0.15) is 0 Å². The minimum Gasteiger partial charge on any atom is -0.493 e. The molecule has 1 aliphatic heterocycles. The number of hydrogen-bond donors (Lipinski definition) is 0. The molecule has 0 saturated carbocycles. The maximum atomic E-state index is 12.9. The summed E-state index contributed by atoms with van der Waals surface area (Å²) < 4.78 is 12.2. The normalized spacial score (nSPS) is 14.4. The highest BCUT2D eigenvalue weighted by Crippen LogP contribution is 2.30. The maximum absolute atomic E-state index is 12.9. The summed E-state index contributed by atoms with van der Waals surface area (Å²) in [6, 6.07) is 14.0. The van der Waals surface area contributed by atoms with Crippen molar-refractivity contribution in [1.29, 1.82) is 0 Å². The lowest BCUT2D eigenvalue weighted by molar-refractivity contribution is -0.132. The zero-order valence-corrected chi connectivity index (χ0v) is 20.0. The molecule has 1 aliphatic rings. The monoisotopic (exact) mass is 463 g/mol. The van der Waals surface area contributed by atoms with E-state index >= 15 is 0 Å². The molecule has 0 N–H and O–H groups in total. The Hall–Kier alpha value is -3.35. The molecule has 0 spiro atoms. The fourth-order valence-corrected chi connectivity index (χ4v) is 4.69.